The summed E-state index contributed by atoms with van der Waals surface area (Å²) in [4.78, 5) is 13.8. The Morgan fingerprint density at radius 1 is 1.15 bits per heavy atom. The molecule has 1 amide bonds. The van der Waals surface area contributed by atoms with Gasteiger partial charge in [0.1, 0.15) is 0 Å². The molecule has 13 heavy (non-hydrogen) atoms. The van der Waals surface area contributed by atoms with E-state index in [1.165, 1.54) is 6.42 Å². The van der Waals surface area contributed by atoms with Crippen LogP contribution in [0.25, 0.3) is 0 Å². The van der Waals surface area contributed by atoms with Gasteiger partial charge >= 0.3 is 0 Å². The Bertz CT molecular complexity index is 210. The Labute approximate surface area is 80.3 Å². The molecule has 0 aromatic heterocycles. The molecule has 1 heterocycles. The monoisotopic (exact) mass is 181 g/mol. The topological polar surface area (TPSA) is 20.3 Å². The average Bonchev–Trinajstić information content (AvgIpc) is 2.91. The summed E-state index contributed by atoms with van der Waals surface area (Å²) < 4.78 is 0. The summed E-state index contributed by atoms with van der Waals surface area (Å²) in [5.41, 5.74) is 0. The van der Waals surface area contributed by atoms with Crippen LogP contribution in [0.4, 0.5) is 0 Å². The Morgan fingerprint density at radius 3 is 2.38 bits per heavy atom. The third-order valence-electron chi connectivity index (χ3n) is 3.57. The normalized spacial score (nSPS) is 34.8. The highest BCUT2D eigenvalue weighted by molar-refractivity contribution is 5.81. The van der Waals surface area contributed by atoms with Gasteiger partial charge < -0.3 is 4.90 Å². The predicted octanol–water partition coefficient (Wildman–Crippen LogP) is 1.90. The van der Waals surface area contributed by atoms with Crippen LogP contribution in [-0.2, 0) is 4.79 Å². The number of piperidine rings is 1. The van der Waals surface area contributed by atoms with Crippen molar-refractivity contribution in [2.45, 2.75) is 33.1 Å². The van der Waals surface area contributed by atoms with Crippen LogP contribution < -0.4 is 0 Å². The van der Waals surface area contributed by atoms with Crippen LogP contribution in [0.1, 0.15) is 33.1 Å². The first kappa shape index (κ1) is 9.04. The molecule has 74 valence electrons. The van der Waals surface area contributed by atoms with Gasteiger partial charge in [-0.25, -0.2) is 0 Å². The molecule has 0 radical (unpaired) electrons. The first-order valence-corrected chi connectivity index (χ1v) is 5.47. The van der Waals surface area contributed by atoms with Crippen LogP contribution >= 0.6 is 0 Å². The van der Waals surface area contributed by atoms with E-state index in [1.807, 2.05) is 0 Å². The molecule has 2 fully saturated rings. The first-order chi connectivity index (χ1) is 6.18. The lowest BCUT2D eigenvalue weighted by Crippen LogP contribution is -2.42. The van der Waals surface area contributed by atoms with Gasteiger partial charge in [-0.1, -0.05) is 13.8 Å². The van der Waals surface area contributed by atoms with Crippen molar-refractivity contribution in [2.24, 2.45) is 17.8 Å². The van der Waals surface area contributed by atoms with Crippen molar-refractivity contribution in [1.29, 1.82) is 0 Å². The van der Waals surface area contributed by atoms with Crippen LogP contribution in [0.5, 0.6) is 0 Å². The minimum absolute atomic E-state index is 0.403. The Hall–Kier alpha value is -0.530. The Balaban J connectivity index is 1.90. The van der Waals surface area contributed by atoms with E-state index in [0.717, 1.165) is 31.8 Å². The van der Waals surface area contributed by atoms with Crippen LogP contribution in [0, 0.1) is 17.8 Å². The standard InChI is InChI=1S/C11H19NO/c1-8-5-6-12(7-9(8)2)11(13)10-3-4-10/h8-10H,3-7H2,1-2H3/t8-,9+/m1/s1. The van der Waals surface area contributed by atoms with Gasteiger partial charge in [0, 0.05) is 19.0 Å². The second kappa shape index (κ2) is 3.32. The van der Waals surface area contributed by atoms with Gasteiger partial charge in [-0.15, -0.1) is 0 Å². The fourth-order valence-corrected chi connectivity index (χ4v) is 2.05. The van der Waals surface area contributed by atoms with E-state index >= 15 is 0 Å². The molecule has 1 aliphatic carbocycles. The van der Waals surface area contributed by atoms with E-state index in [2.05, 4.69) is 18.7 Å². The lowest BCUT2D eigenvalue weighted by molar-refractivity contribution is -0.134. The Morgan fingerprint density at radius 2 is 1.85 bits per heavy atom. The molecule has 2 atom stereocenters. The van der Waals surface area contributed by atoms with Gasteiger partial charge in [-0.2, -0.15) is 0 Å². The highest BCUT2D eigenvalue weighted by Gasteiger charge is 2.35. The molecule has 0 aromatic rings. The maximum Gasteiger partial charge on any atom is 0.225 e. The minimum atomic E-state index is 0.403. The fraction of sp³-hybridized carbons (Fsp3) is 0.909. The van der Waals surface area contributed by atoms with Crippen LogP contribution in [0.15, 0.2) is 0 Å². The van der Waals surface area contributed by atoms with E-state index in [9.17, 15) is 4.79 Å². The van der Waals surface area contributed by atoms with Gasteiger partial charge in [-0.05, 0) is 31.1 Å². The van der Waals surface area contributed by atoms with Gasteiger partial charge in [0.25, 0.3) is 0 Å². The van der Waals surface area contributed by atoms with E-state index in [4.69, 9.17) is 0 Å². The molecule has 2 nitrogen and oxygen atoms in total. The molecule has 1 saturated heterocycles. The molecule has 0 N–H and O–H groups in total. The third-order valence-corrected chi connectivity index (χ3v) is 3.57. The molecular formula is C11H19NO. The van der Waals surface area contributed by atoms with Gasteiger partial charge in [0.15, 0.2) is 0 Å². The maximum absolute atomic E-state index is 11.7. The average molecular weight is 181 g/mol. The number of amides is 1. The summed E-state index contributed by atoms with van der Waals surface area (Å²) >= 11 is 0. The molecule has 0 spiro atoms. The minimum Gasteiger partial charge on any atom is -0.342 e. The highest BCUT2D eigenvalue weighted by atomic mass is 16.2. The molecule has 0 aromatic carbocycles. The van der Waals surface area contributed by atoms with Gasteiger partial charge in [0.2, 0.25) is 5.91 Å². The summed E-state index contributed by atoms with van der Waals surface area (Å²) in [7, 11) is 0. The maximum atomic E-state index is 11.7. The molecular weight excluding hydrogens is 162 g/mol. The number of nitrogens with zero attached hydrogens (tertiary/aromatic N) is 1. The van der Waals surface area contributed by atoms with Crippen molar-refractivity contribution in [1.82, 2.24) is 4.90 Å². The summed E-state index contributed by atoms with van der Waals surface area (Å²) in [5.74, 6) is 2.32. The molecule has 0 unspecified atom stereocenters. The highest BCUT2D eigenvalue weighted by Crippen LogP contribution is 2.33. The van der Waals surface area contributed by atoms with Gasteiger partial charge in [0.05, 0.1) is 0 Å². The summed E-state index contributed by atoms with van der Waals surface area (Å²) in [6.07, 6.45) is 3.47. The second-order valence-corrected chi connectivity index (χ2v) is 4.80. The SMILES string of the molecule is C[C@@H]1CCN(C(=O)C2CC2)C[C@@H]1C. The van der Waals surface area contributed by atoms with Crippen molar-refractivity contribution in [2.75, 3.05) is 13.1 Å². The van der Waals surface area contributed by atoms with Gasteiger partial charge in [-0.3, -0.25) is 4.79 Å². The zero-order valence-electron chi connectivity index (χ0n) is 8.62. The lowest BCUT2D eigenvalue weighted by Gasteiger charge is -2.35. The van der Waals surface area contributed by atoms with Crippen LogP contribution in [0.3, 0.4) is 0 Å². The number of hydrogen-bond donors (Lipinski definition) is 0. The molecule has 2 rings (SSSR count). The van der Waals surface area contributed by atoms with E-state index in [0.29, 0.717) is 17.7 Å². The second-order valence-electron chi connectivity index (χ2n) is 4.80. The van der Waals surface area contributed by atoms with E-state index in [1.54, 1.807) is 0 Å². The fourth-order valence-electron chi connectivity index (χ4n) is 2.05. The zero-order valence-corrected chi connectivity index (χ0v) is 8.62. The quantitative estimate of drug-likeness (QED) is 0.605. The van der Waals surface area contributed by atoms with Crippen molar-refractivity contribution < 1.29 is 4.79 Å². The molecule has 2 aliphatic rings. The van der Waals surface area contributed by atoms with Crippen molar-refractivity contribution in [3.05, 3.63) is 0 Å². The van der Waals surface area contributed by atoms with E-state index < -0.39 is 0 Å². The Kier molecular flexibility index (Phi) is 2.31. The predicted molar refractivity (Wildman–Crippen MR) is 52.2 cm³/mol. The summed E-state index contributed by atoms with van der Waals surface area (Å²) in [6, 6.07) is 0. The molecule has 1 saturated carbocycles. The molecule has 0 bridgehead atoms. The first-order valence-electron chi connectivity index (χ1n) is 5.47. The molecule has 2 heteroatoms. The number of carbonyl (C=O) groups excluding carboxylic acids is 1. The smallest absolute Gasteiger partial charge is 0.225 e. The molecule has 1 aliphatic heterocycles. The van der Waals surface area contributed by atoms with Crippen molar-refractivity contribution >= 4 is 5.91 Å². The third kappa shape index (κ3) is 1.87. The number of likely N-dealkylation sites (tertiary alicyclic amines) is 1. The van der Waals surface area contributed by atoms with E-state index in [-0.39, 0.29) is 0 Å². The number of hydrogen-bond acceptors (Lipinski definition) is 1. The largest absolute Gasteiger partial charge is 0.342 e. The summed E-state index contributed by atoms with van der Waals surface area (Å²) in [6.45, 7) is 6.55. The van der Waals surface area contributed by atoms with Crippen molar-refractivity contribution in [3.8, 4) is 0 Å². The lowest BCUT2D eigenvalue weighted by atomic mass is 9.88. The zero-order chi connectivity index (χ0) is 9.42. The number of rotatable bonds is 1. The summed E-state index contributed by atoms with van der Waals surface area (Å²) in [5, 5.41) is 0. The van der Waals surface area contributed by atoms with Crippen LogP contribution in [-0.4, -0.2) is 23.9 Å². The number of carbonyl (C=O) groups is 1. The van der Waals surface area contributed by atoms with Crippen molar-refractivity contribution in [3.63, 3.8) is 0 Å². The van der Waals surface area contributed by atoms with Crippen LogP contribution in [0.2, 0.25) is 0 Å².